The lowest BCUT2D eigenvalue weighted by Crippen LogP contribution is -2.01. The fourth-order valence-electron chi connectivity index (χ4n) is 2.16. The first-order valence-electron chi connectivity index (χ1n) is 8.14. The molecular weight excluding hydrogens is 332 g/mol. The standard InChI is InChI=1S/C21H20O5/c1-2-26-21-13-16(7-12-20(21)25)6-11-19(24)14-18(23)10-5-15-3-8-17(22)9-4-15/h3-13,22,25H,2,14H2,1H3/b10-5+,11-6+. The summed E-state index contributed by atoms with van der Waals surface area (Å²) in [7, 11) is 0. The average Bonchev–Trinajstić information content (AvgIpc) is 2.62. The third-order valence-corrected chi connectivity index (χ3v) is 3.45. The molecule has 2 rings (SSSR count). The molecule has 0 bridgehead atoms. The van der Waals surface area contributed by atoms with E-state index in [0.717, 1.165) is 5.56 Å². The number of benzene rings is 2. The minimum Gasteiger partial charge on any atom is -0.508 e. The Labute approximate surface area is 151 Å². The Morgan fingerprint density at radius 2 is 1.50 bits per heavy atom. The van der Waals surface area contributed by atoms with Gasteiger partial charge in [0.2, 0.25) is 0 Å². The van der Waals surface area contributed by atoms with Crippen LogP contribution in [0.5, 0.6) is 17.2 Å². The van der Waals surface area contributed by atoms with Gasteiger partial charge in [0.25, 0.3) is 0 Å². The van der Waals surface area contributed by atoms with E-state index in [1.807, 2.05) is 6.92 Å². The van der Waals surface area contributed by atoms with Gasteiger partial charge in [0.15, 0.2) is 23.1 Å². The first-order valence-corrected chi connectivity index (χ1v) is 8.14. The van der Waals surface area contributed by atoms with Crippen LogP contribution < -0.4 is 4.74 Å². The summed E-state index contributed by atoms with van der Waals surface area (Å²) in [6.07, 6.45) is 5.59. The van der Waals surface area contributed by atoms with E-state index in [1.165, 1.54) is 30.4 Å². The van der Waals surface area contributed by atoms with E-state index >= 15 is 0 Å². The van der Waals surface area contributed by atoms with Gasteiger partial charge in [-0.1, -0.05) is 30.4 Å². The third-order valence-electron chi connectivity index (χ3n) is 3.45. The van der Waals surface area contributed by atoms with Crippen molar-refractivity contribution < 1.29 is 24.5 Å². The maximum absolute atomic E-state index is 11.9. The Morgan fingerprint density at radius 1 is 0.923 bits per heavy atom. The molecule has 0 spiro atoms. The molecule has 0 aliphatic rings. The lowest BCUT2D eigenvalue weighted by atomic mass is 10.1. The summed E-state index contributed by atoms with van der Waals surface area (Å²) in [6, 6.07) is 11.1. The van der Waals surface area contributed by atoms with Crippen molar-refractivity contribution in [1.82, 2.24) is 0 Å². The van der Waals surface area contributed by atoms with Gasteiger partial charge in [0, 0.05) is 0 Å². The van der Waals surface area contributed by atoms with Crippen LogP contribution >= 0.6 is 0 Å². The van der Waals surface area contributed by atoms with E-state index in [-0.39, 0.29) is 29.5 Å². The summed E-state index contributed by atoms with van der Waals surface area (Å²) in [4.78, 5) is 23.8. The number of hydrogen-bond donors (Lipinski definition) is 2. The molecule has 0 atom stereocenters. The van der Waals surface area contributed by atoms with E-state index in [1.54, 1.807) is 36.4 Å². The van der Waals surface area contributed by atoms with Crippen molar-refractivity contribution in [3.63, 3.8) is 0 Å². The first-order chi connectivity index (χ1) is 12.5. The molecule has 0 unspecified atom stereocenters. The average molecular weight is 352 g/mol. The number of ether oxygens (including phenoxy) is 1. The molecule has 0 saturated heterocycles. The fourth-order valence-corrected chi connectivity index (χ4v) is 2.16. The second kappa shape index (κ2) is 9.22. The van der Waals surface area contributed by atoms with Crippen molar-refractivity contribution in [2.24, 2.45) is 0 Å². The van der Waals surface area contributed by atoms with Crippen molar-refractivity contribution >= 4 is 23.7 Å². The van der Waals surface area contributed by atoms with Crippen molar-refractivity contribution in [2.75, 3.05) is 6.61 Å². The highest BCUT2D eigenvalue weighted by molar-refractivity contribution is 6.10. The molecule has 26 heavy (non-hydrogen) atoms. The van der Waals surface area contributed by atoms with Gasteiger partial charge in [-0.05, 0) is 54.5 Å². The summed E-state index contributed by atoms with van der Waals surface area (Å²) < 4.78 is 5.28. The molecule has 0 saturated carbocycles. The zero-order chi connectivity index (χ0) is 18.9. The Bertz CT molecular complexity index is 832. The van der Waals surface area contributed by atoms with Crippen LogP contribution in [0.15, 0.2) is 54.6 Å². The highest BCUT2D eigenvalue weighted by Gasteiger charge is 2.05. The van der Waals surface area contributed by atoms with Gasteiger partial charge in [0.1, 0.15) is 5.75 Å². The molecular formula is C21H20O5. The number of carbonyl (C=O) groups excluding carboxylic acids is 2. The summed E-state index contributed by atoms with van der Waals surface area (Å²) in [5.74, 6) is -0.111. The number of phenolic OH excluding ortho intramolecular Hbond substituents is 2. The lowest BCUT2D eigenvalue weighted by Gasteiger charge is -2.06. The molecule has 134 valence electrons. The van der Waals surface area contributed by atoms with E-state index in [4.69, 9.17) is 4.74 Å². The molecule has 0 heterocycles. The zero-order valence-corrected chi connectivity index (χ0v) is 14.4. The molecule has 5 heteroatoms. The zero-order valence-electron chi connectivity index (χ0n) is 14.4. The van der Waals surface area contributed by atoms with E-state index in [9.17, 15) is 19.8 Å². The maximum atomic E-state index is 11.9. The predicted octanol–water partition coefficient (Wildman–Crippen LogP) is 3.75. The van der Waals surface area contributed by atoms with Crippen LogP contribution in [0.25, 0.3) is 12.2 Å². The van der Waals surface area contributed by atoms with Gasteiger partial charge in [-0.2, -0.15) is 0 Å². The topological polar surface area (TPSA) is 83.8 Å². The number of hydrogen-bond acceptors (Lipinski definition) is 5. The van der Waals surface area contributed by atoms with E-state index in [2.05, 4.69) is 0 Å². The molecule has 0 aliphatic carbocycles. The Balaban J connectivity index is 1.93. The minimum atomic E-state index is -0.323. The summed E-state index contributed by atoms with van der Waals surface area (Å²) in [5, 5.41) is 18.9. The molecule has 0 aliphatic heterocycles. The van der Waals surface area contributed by atoms with E-state index < -0.39 is 0 Å². The summed E-state index contributed by atoms with van der Waals surface area (Å²) in [5.41, 5.74) is 1.44. The quantitative estimate of drug-likeness (QED) is 0.558. The second-order valence-electron chi connectivity index (χ2n) is 5.53. The van der Waals surface area contributed by atoms with Gasteiger partial charge in [-0.15, -0.1) is 0 Å². The number of allylic oxidation sites excluding steroid dienone is 2. The largest absolute Gasteiger partial charge is 0.508 e. The highest BCUT2D eigenvalue weighted by Crippen LogP contribution is 2.27. The molecule has 0 aromatic heterocycles. The molecule has 5 nitrogen and oxygen atoms in total. The van der Waals surface area contributed by atoms with Gasteiger partial charge in [0.05, 0.1) is 13.0 Å². The molecule has 2 aromatic rings. The number of phenols is 2. The van der Waals surface area contributed by atoms with Crippen LogP contribution in [0, 0.1) is 0 Å². The molecule has 0 radical (unpaired) electrons. The van der Waals surface area contributed by atoms with Crippen LogP contribution in [0.1, 0.15) is 24.5 Å². The Kier molecular flexibility index (Phi) is 6.74. The molecule has 0 amide bonds. The normalized spacial score (nSPS) is 11.1. The van der Waals surface area contributed by atoms with Gasteiger partial charge < -0.3 is 14.9 Å². The lowest BCUT2D eigenvalue weighted by molar-refractivity contribution is -0.121. The van der Waals surface area contributed by atoms with Gasteiger partial charge >= 0.3 is 0 Å². The maximum Gasteiger partial charge on any atom is 0.163 e. The van der Waals surface area contributed by atoms with Crippen molar-refractivity contribution in [2.45, 2.75) is 13.3 Å². The monoisotopic (exact) mass is 352 g/mol. The smallest absolute Gasteiger partial charge is 0.163 e. The van der Waals surface area contributed by atoms with Crippen molar-refractivity contribution in [3.8, 4) is 17.2 Å². The summed E-state index contributed by atoms with van der Waals surface area (Å²) in [6.45, 7) is 2.23. The van der Waals surface area contributed by atoms with E-state index in [0.29, 0.717) is 17.9 Å². The number of rotatable bonds is 8. The SMILES string of the molecule is CCOc1cc(/C=C/C(=O)CC(=O)/C=C/c2ccc(O)cc2)ccc1O. The van der Waals surface area contributed by atoms with Crippen LogP contribution in [-0.2, 0) is 9.59 Å². The predicted molar refractivity (Wildman–Crippen MR) is 100 cm³/mol. The van der Waals surface area contributed by atoms with Crippen LogP contribution in [-0.4, -0.2) is 28.4 Å². The molecule has 0 fully saturated rings. The number of ketones is 2. The summed E-state index contributed by atoms with van der Waals surface area (Å²) >= 11 is 0. The van der Waals surface area contributed by atoms with Crippen molar-refractivity contribution in [1.29, 1.82) is 0 Å². The first kappa shape index (κ1) is 19.0. The van der Waals surface area contributed by atoms with Crippen LogP contribution in [0.4, 0.5) is 0 Å². The Hall–Kier alpha value is -3.34. The molecule has 2 aromatic carbocycles. The number of carbonyl (C=O) groups is 2. The van der Waals surface area contributed by atoms with Gasteiger partial charge in [-0.25, -0.2) is 0 Å². The fraction of sp³-hybridized carbons (Fsp3) is 0.143. The highest BCUT2D eigenvalue weighted by atomic mass is 16.5. The van der Waals surface area contributed by atoms with Gasteiger partial charge in [-0.3, -0.25) is 9.59 Å². The Morgan fingerprint density at radius 3 is 2.12 bits per heavy atom. The van der Waals surface area contributed by atoms with Crippen LogP contribution in [0.2, 0.25) is 0 Å². The minimum absolute atomic E-state index is 0.0323. The van der Waals surface area contributed by atoms with Crippen molar-refractivity contribution in [3.05, 3.63) is 65.7 Å². The third kappa shape index (κ3) is 5.94. The number of aromatic hydroxyl groups is 2. The molecule has 2 N–H and O–H groups in total. The second-order valence-corrected chi connectivity index (χ2v) is 5.53. The van der Waals surface area contributed by atoms with Crippen LogP contribution in [0.3, 0.4) is 0 Å².